The van der Waals surface area contributed by atoms with E-state index in [0.717, 1.165) is 10.2 Å². The van der Waals surface area contributed by atoms with Gasteiger partial charge in [0.05, 0.1) is 11.9 Å². The van der Waals surface area contributed by atoms with Crippen LogP contribution in [0.5, 0.6) is 0 Å². The second kappa shape index (κ2) is 3.76. The molecule has 1 aromatic heterocycles. The molecular weight excluding hydrogens is 219 g/mol. The molecule has 0 saturated heterocycles. The number of nitrogens with zero attached hydrogens (tertiary/aromatic N) is 3. The van der Waals surface area contributed by atoms with E-state index >= 15 is 0 Å². The van der Waals surface area contributed by atoms with Crippen molar-refractivity contribution in [3.8, 4) is 0 Å². The number of alkyl halides is 3. The van der Waals surface area contributed by atoms with Crippen molar-refractivity contribution in [2.75, 3.05) is 0 Å². The highest BCUT2D eigenvalue weighted by atomic mass is 19.4. The molecule has 0 fully saturated rings. The van der Waals surface area contributed by atoms with E-state index in [1.165, 1.54) is 0 Å². The van der Waals surface area contributed by atoms with Gasteiger partial charge in [-0.1, -0.05) is 0 Å². The topological polar surface area (TPSA) is 21.1 Å². The summed E-state index contributed by atoms with van der Waals surface area (Å²) < 4.78 is 37.9. The first-order chi connectivity index (χ1) is 7.37. The Balaban J connectivity index is 2.16. The van der Waals surface area contributed by atoms with Crippen LogP contribution in [-0.2, 0) is 19.6 Å². The Morgan fingerprint density at radius 1 is 1.38 bits per heavy atom. The number of aromatic nitrogens is 2. The second-order valence-corrected chi connectivity index (χ2v) is 4.39. The van der Waals surface area contributed by atoms with Crippen molar-refractivity contribution in [1.82, 2.24) is 14.7 Å². The summed E-state index contributed by atoms with van der Waals surface area (Å²) in [6, 6.07) is 0.340. The molecule has 3 nitrogen and oxygen atoms in total. The third-order valence-corrected chi connectivity index (χ3v) is 2.82. The summed E-state index contributed by atoms with van der Waals surface area (Å²) in [5.41, 5.74) is 1.61. The van der Waals surface area contributed by atoms with Gasteiger partial charge in [0, 0.05) is 24.7 Å². The average Bonchev–Trinajstić information content (AvgIpc) is 2.64. The Bertz CT molecular complexity index is 381. The number of hydrogen-bond donors (Lipinski definition) is 0. The van der Waals surface area contributed by atoms with Gasteiger partial charge in [0.15, 0.2) is 0 Å². The van der Waals surface area contributed by atoms with Crippen molar-refractivity contribution >= 4 is 0 Å². The predicted molar refractivity (Wildman–Crippen MR) is 52.7 cm³/mol. The van der Waals surface area contributed by atoms with Crippen molar-refractivity contribution in [3.63, 3.8) is 0 Å². The largest absolute Gasteiger partial charge is 0.408 e. The van der Waals surface area contributed by atoms with Crippen LogP contribution in [0.2, 0.25) is 0 Å². The number of hydrogen-bond acceptors (Lipinski definition) is 2. The van der Waals surface area contributed by atoms with E-state index in [-0.39, 0.29) is 0 Å². The maximum Gasteiger partial charge on any atom is 0.408 e. The quantitative estimate of drug-likeness (QED) is 0.780. The van der Waals surface area contributed by atoms with Crippen molar-refractivity contribution in [1.29, 1.82) is 0 Å². The molecule has 1 aliphatic rings. The lowest BCUT2D eigenvalue weighted by Gasteiger charge is -2.19. The third kappa shape index (κ3) is 2.21. The molecule has 1 aromatic rings. The Morgan fingerprint density at radius 2 is 2.06 bits per heavy atom. The zero-order valence-electron chi connectivity index (χ0n) is 9.25. The number of rotatable bonds is 2. The first kappa shape index (κ1) is 11.4. The van der Waals surface area contributed by atoms with Gasteiger partial charge in [0.2, 0.25) is 0 Å². The molecular formula is C10H14F3N3. The van der Waals surface area contributed by atoms with Gasteiger partial charge >= 0.3 is 6.18 Å². The van der Waals surface area contributed by atoms with Crippen LogP contribution in [-0.4, -0.2) is 26.9 Å². The zero-order valence-corrected chi connectivity index (χ0v) is 9.25. The van der Waals surface area contributed by atoms with Crippen LogP contribution in [0.25, 0.3) is 0 Å². The van der Waals surface area contributed by atoms with Gasteiger partial charge in [-0.25, -0.2) is 0 Å². The molecule has 0 radical (unpaired) electrons. The van der Waals surface area contributed by atoms with Gasteiger partial charge < -0.3 is 0 Å². The lowest BCUT2D eigenvalue weighted by Crippen LogP contribution is -2.26. The Hall–Kier alpha value is -1.04. The van der Waals surface area contributed by atoms with Gasteiger partial charge in [0.25, 0.3) is 0 Å². The van der Waals surface area contributed by atoms with E-state index in [9.17, 15) is 13.2 Å². The van der Waals surface area contributed by atoms with Gasteiger partial charge in [-0.05, 0) is 13.8 Å². The minimum absolute atomic E-state index is 0.340. The molecule has 2 heterocycles. The molecule has 2 rings (SSSR count). The fraction of sp³-hybridized carbons (Fsp3) is 0.700. The Labute approximate surface area is 91.8 Å². The van der Waals surface area contributed by atoms with Crippen LogP contribution in [0.15, 0.2) is 6.20 Å². The van der Waals surface area contributed by atoms with Crippen LogP contribution in [0.3, 0.4) is 0 Å². The van der Waals surface area contributed by atoms with Gasteiger partial charge in [-0.15, -0.1) is 0 Å². The first-order valence-electron chi connectivity index (χ1n) is 5.21. The molecule has 0 aliphatic carbocycles. The molecule has 0 bridgehead atoms. The molecule has 0 saturated carbocycles. The smallest absolute Gasteiger partial charge is 0.291 e. The minimum Gasteiger partial charge on any atom is -0.291 e. The summed E-state index contributed by atoms with van der Waals surface area (Å²) in [6.45, 7) is 4.34. The highest BCUT2D eigenvalue weighted by Gasteiger charge is 2.32. The lowest BCUT2D eigenvalue weighted by molar-refractivity contribution is -0.143. The van der Waals surface area contributed by atoms with Crippen LogP contribution >= 0.6 is 0 Å². The second-order valence-electron chi connectivity index (χ2n) is 4.39. The number of fused-ring (bicyclic) bond motifs is 1. The van der Waals surface area contributed by atoms with Crippen LogP contribution < -0.4 is 0 Å². The first-order valence-corrected chi connectivity index (χ1v) is 5.21. The minimum atomic E-state index is -4.20. The van der Waals surface area contributed by atoms with E-state index < -0.39 is 12.7 Å². The molecule has 0 atom stereocenters. The summed E-state index contributed by atoms with van der Waals surface area (Å²) in [6.07, 6.45) is -2.66. The van der Waals surface area contributed by atoms with Crippen LogP contribution in [0, 0.1) is 0 Å². The third-order valence-electron chi connectivity index (χ3n) is 2.82. The van der Waals surface area contributed by atoms with Crippen molar-refractivity contribution in [2.45, 2.75) is 45.7 Å². The van der Waals surface area contributed by atoms with Crippen LogP contribution in [0.4, 0.5) is 13.2 Å². The fourth-order valence-electron chi connectivity index (χ4n) is 1.90. The summed E-state index contributed by atoms with van der Waals surface area (Å²) >= 11 is 0. The van der Waals surface area contributed by atoms with E-state index in [2.05, 4.69) is 10.00 Å². The van der Waals surface area contributed by atoms with Crippen molar-refractivity contribution < 1.29 is 13.2 Å². The Kier molecular flexibility index (Phi) is 2.69. The average molecular weight is 233 g/mol. The normalized spacial score (nSPS) is 17.1. The summed E-state index contributed by atoms with van der Waals surface area (Å²) in [5, 5.41) is 3.79. The standard InChI is InChI=1S/C10H14F3N3/c1-7(2)15-4-8-3-14-16(9(8)5-15)6-10(11,12)13/h3,7H,4-6H2,1-2H3. The van der Waals surface area contributed by atoms with Gasteiger partial charge in [0.1, 0.15) is 6.54 Å². The highest BCUT2D eigenvalue weighted by Crippen LogP contribution is 2.26. The fourth-order valence-corrected chi connectivity index (χ4v) is 1.90. The van der Waals surface area contributed by atoms with Gasteiger partial charge in [-0.3, -0.25) is 9.58 Å². The van der Waals surface area contributed by atoms with E-state index in [4.69, 9.17) is 0 Å². The maximum atomic E-state index is 12.3. The molecule has 0 spiro atoms. The summed E-state index contributed by atoms with van der Waals surface area (Å²) in [4.78, 5) is 2.12. The maximum absolute atomic E-state index is 12.3. The molecule has 90 valence electrons. The molecule has 0 amide bonds. The monoisotopic (exact) mass is 233 g/mol. The SMILES string of the molecule is CC(C)N1Cc2cnn(CC(F)(F)F)c2C1. The summed E-state index contributed by atoms with van der Waals surface area (Å²) in [7, 11) is 0. The molecule has 1 aliphatic heterocycles. The van der Waals surface area contributed by atoms with Crippen LogP contribution in [0.1, 0.15) is 25.1 Å². The molecule has 0 unspecified atom stereocenters. The van der Waals surface area contributed by atoms with E-state index in [1.807, 2.05) is 13.8 Å². The zero-order chi connectivity index (χ0) is 11.9. The summed E-state index contributed by atoms with van der Waals surface area (Å²) in [5.74, 6) is 0. The van der Waals surface area contributed by atoms with E-state index in [1.54, 1.807) is 6.20 Å². The molecule has 0 aromatic carbocycles. The lowest BCUT2D eigenvalue weighted by atomic mass is 10.3. The highest BCUT2D eigenvalue weighted by molar-refractivity contribution is 5.22. The van der Waals surface area contributed by atoms with E-state index in [0.29, 0.717) is 24.8 Å². The molecule has 0 N–H and O–H groups in total. The number of halogens is 3. The van der Waals surface area contributed by atoms with Gasteiger partial charge in [-0.2, -0.15) is 18.3 Å². The van der Waals surface area contributed by atoms with Crippen molar-refractivity contribution in [2.24, 2.45) is 0 Å². The molecule has 16 heavy (non-hydrogen) atoms. The predicted octanol–water partition coefficient (Wildman–Crippen LogP) is 2.17. The van der Waals surface area contributed by atoms with Crippen molar-refractivity contribution in [3.05, 3.63) is 17.5 Å². The Morgan fingerprint density at radius 3 is 2.62 bits per heavy atom. The molecule has 6 heteroatoms.